The van der Waals surface area contributed by atoms with Crippen molar-refractivity contribution in [3.05, 3.63) is 170 Å². The van der Waals surface area contributed by atoms with E-state index in [1.165, 1.54) is 5.39 Å². The molecule has 0 atom stereocenters. The summed E-state index contributed by atoms with van der Waals surface area (Å²) in [6, 6.07) is 54.6. The second-order valence-corrected chi connectivity index (χ2v) is 12.4. The van der Waals surface area contributed by atoms with Gasteiger partial charge in [0.15, 0.2) is 11.6 Å². The van der Waals surface area contributed by atoms with Crippen molar-refractivity contribution >= 4 is 43.6 Å². The van der Waals surface area contributed by atoms with Gasteiger partial charge in [-0.25, -0.2) is 4.98 Å². The van der Waals surface area contributed by atoms with E-state index in [-0.39, 0.29) is 0 Å². The van der Waals surface area contributed by atoms with Crippen molar-refractivity contribution in [3.63, 3.8) is 0 Å². The van der Waals surface area contributed by atoms with Gasteiger partial charge in [-0.15, -0.1) is 0 Å². The summed E-state index contributed by atoms with van der Waals surface area (Å²) in [5.41, 5.74) is 9.54. The molecule has 0 fully saturated rings. The Morgan fingerprint density at radius 1 is 0.400 bits per heavy atom. The Bertz CT molecular complexity index is 2800. The number of rotatable bonds is 5. The molecule has 10 rings (SSSR count). The van der Waals surface area contributed by atoms with Crippen LogP contribution in [0.2, 0.25) is 0 Å². The fourth-order valence-corrected chi connectivity index (χ4v) is 7.26. The van der Waals surface area contributed by atoms with Gasteiger partial charge in [0.25, 0.3) is 0 Å². The summed E-state index contributed by atoms with van der Waals surface area (Å²) >= 11 is 0. The van der Waals surface area contributed by atoms with E-state index in [9.17, 15) is 0 Å². The van der Waals surface area contributed by atoms with Gasteiger partial charge in [0, 0.05) is 50.8 Å². The Labute approximate surface area is 287 Å². The van der Waals surface area contributed by atoms with Crippen molar-refractivity contribution in [1.29, 1.82) is 0 Å². The fraction of sp³-hybridized carbons (Fsp3) is 0. The number of pyridine rings is 1. The Morgan fingerprint density at radius 3 is 1.76 bits per heavy atom. The molecule has 0 aliphatic rings. The van der Waals surface area contributed by atoms with Crippen LogP contribution in [-0.4, -0.2) is 29.1 Å². The summed E-state index contributed by atoms with van der Waals surface area (Å²) in [6.45, 7) is 0. The van der Waals surface area contributed by atoms with Gasteiger partial charge in [-0.2, -0.15) is 9.97 Å². The average Bonchev–Trinajstić information content (AvgIpc) is 3.71. The topological polar surface area (TPSA) is 61.4 Å². The van der Waals surface area contributed by atoms with Crippen LogP contribution in [0.3, 0.4) is 0 Å². The largest absolute Gasteiger partial charge is 0.309 e. The molecule has 0 radical (unpaired) electrons. The van der Waals surface area contributed by atoms with Crippen LogP contribution < -0.4 is 0 Å². The summed E-state index contributed by atoms with van der Waals surface area (Å²) in [5.74, 6) is 1.83. The highest BCUT2D eigenvalue weighted by molar-refractivity contribution is 6.17. The van der Waals surface area contributed by atoms with Crippen LogP contribution in [0.15, 0.2) is 170 Å². The van der Waals surface area contributed by atoms with Crippen molar-refractivity contribution in [2.45, 2.75) is 0 Å². The molecule has 0 amide bonds. The zero-order valence-electron chi connectivity index (χ0n) is 26.8. The van der Waals surface area contributed by atoms with E-state index in [0.717, 1.165) is 66.2 Å². The second-order valence-electron chi connectivity index (χ2n) is 12.4. The second kappa shape index (κ2) is 11.4. The molecule has 6 aromatic carbocycles. The number of para-hydroxylation sites is 2. The lowest BCUT2D eigenvalue weighted by molar-refractivity contribution is 0.953. The van der Waals surface area contributed by atoms with E-state index in [1.807, 2.05) is 73.1 Å². The third kappa shape index (κ3) is 4.43. The highest BCUT2D eigenvalue weighted by Crippen LogP contribution is 2.40. The Morgan fingerprint density at radius 2 is 1.02 bits per heavy atom. The summed E-state index contributed by atoms with van der Waals surface area (Å²) in [7, 11) is 0. The van der Waals surface area contributed by atoms with Gasteiger partial charge >= 0.3 is 0 Å². The standard InChI is InChI=1S/C44H28N6/c1-4-13-29(14-5-1)42-46-43(30-15-6-2-7-16-30)48-44(47-42)50-37-21-11-10-19-34(37)35-24-23-31(27-40(35)50)33-20-12-22-39-41(33)36-28-45-26-25-38(36)49(39)32-17-8-3-9-18-32/h1-28H. The third-order valence-corrected chi connectivity index (χ3v) is 9.48. The third-order valence-electron chi connectivity index (χ3n) is 9.48. The molecule has 10 aromatic rings. The van der Waals surface area contributed by atoms with E-state index in [4.69, 9.17) is 15.0 Å². The highest BCUT2D eigenvalue weighted by Gasteiger charge is 2.20. The normalized spacial score (nSPS) is 11.6. The molecule has 50 heavy (non-hydrogen) atoms. The van der Waals surface area contributed by atoms with Crippen LogP contribution >= 0.6 is 0 Å². The van der Waals surface area contributed by atoms with E-state index in [0.29, 0.717) is 17.6 Å². The molecule has 0 aliphatic carbocycles. The van der Waals surface area contributed by atoms with Crippen LogP contribution in [0.4, 0.5) is 0 Å². The smallest absolute Gasteiger partial charge is 0.238 e. The zero-order chi connectivity index (χ0) is 33.0. The molecule has 0 unspecified atom stereocenters. The monoisotopic (exact) mass is 640 g/mol. The lowest BCUT2D eigenvalue weighted by atomic mass is 9.98. The van der Waals surface area contributed by atoms with Crippen molar-refractivity contribution < 1.29 is 0 Å². The molecule has 6 heteroatoms. The van der Waals surface area contributed by atoms with Crippen molar-refractivity contribution in [2.75, 3.05) is 0 Å². The number of benzene rings is 6. The molecule has 234 valence electrons. The Hall–Kier alpha value is -6.92. The molecule has 0 bridgehead atoms. The number of nitrogens with zero attached hydrogens (tertiary/aromatic N) is 6. The van der Waals surface area contributed by atoms with Crippen LogP contribution in [-0.2, 0) is 0 Å². The van der Waals surface area contributed by atoms with Gasteiger partial charge in [-0.3, -0.25) is 9.55 Å². The molecular weight excluding hydrogens is 613 g/mol. The van der Waals surface area contributed by atoms with Crippen LogP contribution in [0.25, 0.3) is 89.2 Å². The molecule has 0 aliphatic heterocycles. The first-order valence-corrected chi connectivity index (χ1v) is 16.7. The maximum atomic E-state index is 5.13. The molecule has 0 N–H and O–H groups in total. The summed E-state index contributed by atoms with van der Waals surface area (Å²) in [6.07, 6.45) is 3.85. The highest BCUT2D eigenvalue weighted by atomic mass is 15.2. The fourth-order valence-electron chi connectivity index (χ4n) is 7.26. The summed E-state index contributed by atoms with van der Waals surface area (Å²) in [5, 5.41) is 4.55. The van der Waals surface area contributed by atoms with E-state index in [1.54, 1.807) is 0 Å². The Balaban J connectivity index is 1.25. The van der Waals surface area contributed by atoms with E-state index >= 15 is 0 Å². The van der Waals surface area contributed by atoms with Crippen LogP contribution in [0.1, 0.15) is 0 Å². The summed E-state index contributed by atoms with van der Waals surface area (Å²) in [4.78, 5) is 19.8. The molecule has 4 heterocycles. The number of hydrogen-bond acceptors (Lipinski definition) is 4. The minimum absolute atomic E-state index is 0.573. The molecular formula is C44H28N6. The van der Waals surface area contributed by atoms with Crippen molar-refractivity contribution in [1.82, 2.24) is 29.1 Å². The molecule has 0 saturated heterocycles. The molecule has 4 aromatic heterocycles. The predicted molar refractivity (Wildman–Crippen MR) is 203 cm³/mol. The first-order chi connectivity index (χ1) is 24.8. The van der Waals surface area contributed by atoms with Gasteiger partial charge in [-0.1, -0.05) is 121 Å². The molecule has 0 saturated carbocycles. The lowest BCUT2D eigenvalue weighted by Crippen LogP contribution is -2.06. The maximum Gasteiger partial charge on any atom is 0.238 e. The number of aromatic nitrogens is 6. The first-order valence-electron chi connectivity index (χ1n) is 16.7. The summed E-state index contributed by atoms with van der Waals surface area (Å²) < 4.78 is 4.51. The van der Waals surface area contributed by atoms with E-state index in [2.05, 4.69) is 111 Å². The molecule has 0 spiro atoms. The average molecular weight is 641 g/mol. The molecule has 6 nitrogen and oxygen atoms in total. The van der Waals surface area contributed by atoms with Gasteiger partial charge in [0.1, 0.15) is 0 Å². The minimum atomic E-state index is 0.573. The maximum absolute atomic E-state index is 5.13. The van der Waals surface area contributed by atoms with Gasteiger partial charge in [0.05, 0.1) is 22.1 Å². The number of fused-ring (bicyclic) bond motifs is 6. The van der Waals surface area contributed by atoms with Gasteiger partial charge < -0.3 is 4.57 Å². The predicted octanol–water partition coefficient (Wildman–Crippen LogP) is 10.5. The zero-order valence-corrected chi connectivity index (χ0v) is 26.8. The minimum Gasteiger partial charge on any atom is -0.309 e. The quantitative estimate of drug-likeness (QED) is 0.188. The SMILES string of the molecule is c1ccc(-c2nc(-c3ccccc3)nc(-n3c4ccccc4c4ccc(-c5cccc6c5c5cnccc5n6-c5ccccc5)cc43)n2)cc1. The number of hydrogen-bond donors (Lipinski definition) is 0. The van der Waals surface area contributed by atoms with Crippen molar-refractivity contribution in [2.24, 2.45) is 0 Å². The van der Waals surface area contributed by atoms with E-state index < -0.39 is 0 Å². The Kier molecular flexibility index (Phi) is 6.39. The van der Waals surface area contributed by atoms with Crippen LogP contribution in [0.5, 0.6) is 0 Å². The van der Waals surface area contributed by atoms with Crippen LogP contribution in [0, 0.1) is 0 Å². The first kappa shape index (κ1) is 28.1. The van der Waals surface area contributed by atoms with Gasteiger partial charge in [-0.05, 0) is 47.5 Å². The lowest BCUT2D eigenvalue weighted by Gasteiger charge is -2.12. The van der Waals surface area contributed by atoms with Gasteiger partial charge in [0.2, 0.25) is 5.95 Å². The van der Waals surface area contributed by atoms with Crippen molar-refractivity contribution in [3.8, 4) is 45.5 Å².